The SMILES string of the molecule is COCCCNC(=O)CN1CCCc2cc(OC)ccc2C1. The van der Waals surface area contributed by atoms with Crippen molar-refractivity contribution in [3.8, 4) is 5.75 Å². The third-order valence-electron chi connectivity index (χ3n) is 3.94. The number of aryl methyl sites for hydroxylation is 1. The molecule has 1 aromatic carbocycles. The summed E-state index contributed by atoms with van der Waals surface area (Å²) in [4.78, 5) is 14.2. The van der Waals surface area contributed by atoms with Crippen LogP contribution in [0.25, 0.3) is 0 Å². The summed E-state index contributed by atoms with van der Waals surface area (Å²) in [6.45, 7) is 3.58. The number of nitrogens with one attached hydrogen (secondary N) is 1. The van der Waals surface area contributed by atoms with Gasteiger partial charge in [-0.3, -0.25) is 9.69 Å². The molecule has 1 aliphatic rings. The van der Waals surface area contributed by atoms with E-state index in [9.17, 15) is 4.79 Å². The highest BCUT2D eigenvalue weighted by molar-refractivity contribution is 5.78. The molecule has 0 atom stereocenters. The Labute approximate surface area is 132 Å². The van der Waals surface area contributed by atoms with Crippen LogP contribution >= 0.6 is 0 Å². The van der Waals surface area contributed by atoms with Gasteiger partial charge < -0.3 is 14.8 Å². The van der Waals surface area contributed by atoms with Gasteiger partial charge in [0.2, 0.25) is 5.91 Å². The number of carbonyl (C=O) groups excluding carboxylic acids is 1. The van der Waals surface area contributed by atoms with Crippen molar-refractivity contribution in [3.63, 3.8) is 0 Å². The number of ether oxygens (including phenoxy) is 2. The molecular formula is C17H26N2O3. The van der Waals surface area contributed by atoms with Crippen LogP contribution in [-0.2, 0) is 22.5 Å². The zero-order valence-electron chi connectivity index (χ0n) is 13.6. The van der Waals surface area contributed by atoms with Crippen molar-refractivity contribution >= 4 is 5.91 Å². The van der Waals surface area contributed by atoms with Crippen LogP contribution in [-0.4, -0.2) is 51.3 Å². The summed E-state index contributed by atoms with van der Waals surface area (Å²) in [5.74, 6) is 0.996. The predicted molar refractivity (Wildman–Crippen MR) is 86.1 cm³/mol. The summed E-state index contributed by atoms with van der Waals surface area (Å²) in [5.41, 5.74) is 2.63. The third-order valence-corrected chi connectivity index (χ3v) is 3.94. The molecule has 0 bridgehead atoms. The molecule has 22 heavy (non-hydrogen) atoms. The van der Waals surface area contributed by atoms with Crippen LogP contribution in [0, 0.1) is 0 Å². The predicted octanol–water partition coefficient (Wildman–Crippen LogP) is 1.60. The Balaban J connectivity index is 1.86. The highest BCUT2D eigenvalue weighted by Crippen LogP contribution is 2.23. The number of hydrogen-bond acceptors (Lipinski definition) is 4. The third kappa shape index (κ3) is 5.00. The Morgan fingerprint density at radius 1 is 1.32 bits per heavy atom. The second-order valence-electron chi connectivity index (χ2n) is 5.65. The normalized spacial score (nSPS) is 15.0. The summed E-state index contributed by atoms with van der Waals surface area (Å²) in [6, 6.07) is 6.22. The summed E-state index contributed by atoms with van der Waals surface area (Å²) in [5, 5.41) is 2.95. The topological polar surface area (TPSA) is 50.8 Å². The Hall–Kier alpha value is -1.59. The second kappa shape index (κ2) is 8.76. The van der Waals surface area contributed by atoms with E-state index in [1.54, 1.807) is 14.2 Å². The first-order valence-electron chi connectivity index (χ1n) is 7.86. The Bertz CT molecular complexity index is 491. The summed E-state index contributed by atoms with van der Waals surface area (Å²) in [6.07, 6.45) is 2.96. The average molecular weight is 306 g/mol. The van der Waals surface area contributed by atoms with E-state index >= 15 is 0 Å². The molecule has 0 radical (unpaired) electrons. The summed E-state index contributed by atoms with van der Waals surface area (Å²) >= 11 is 0. The number of amides is 1. The van der Waals surface area contributed by atoms with E-state index in [0.29, 0.717) is 19.7 Å². The van der Waals surface area contributed by atoms with Gasteiger partial charge in [0.1, 0.15) is 5.75 Å². The number of carbonyl (C=O) groups is 1. The molecule has 0 fully saturated rings. The fraction of sp³-hybridized carbons (Fsp3) is 0.588. The Morgan fingerprint density at radius 3 is 2.95 bits per heavy atom. The lowest BCUT2D eigenvalue weighted by atomic mass is 10.0. The molecule has 5 nitrogen and oxygen atoms in total. The molecule has 1 heterocycles. The van der Waals surface area contributed by atoms with Gasteiger partial charge in [-0.05, 0) is 49.1 Å². The minimum absolute atomic E-state index is 0.0908. The zero-order chi connectivity index (χ0) is 15.8. The largest absolute Gasteiger partial charge is 0.497 e. The van der Waals surface area contributed by atoms with Crippen molar-refractivity contribution in [2.75, 3.05) is 40.5 Å². The van der Waals surface area contributed by atoms with E-state index in [0.717, 1.165) is 38.1 Å². The maximum absolute atomic E-state index is 12.0. The molecule has 0 saturated carbocycles. The lowest BCUT2D eigenvalue weighted by Gasteiger charge is -2.20. The molecule has 1 aliphatic heterocycles. The average Bonchev–Trinajstić information content (AvgIpc) is 2.72. The van der Waals surface area contributed by atoms with Gasteiger partial charge in [-0.2, -0.15) is 0 Å². The minimum atomic E-state index is 0.0908. The monoisotopic (exact) mass is 306 g/mol. The molecule has 5 heteroatoms. The van der Waals surface area contributed by atoms with Crippen LogP contribution in [0.15, 0.2) is 18.2 Å². The van der Waals surface area contributed by atoms with Crippen LogP contribution < -0.4 is 10.1 Å². The van der Waals surface area contributed by atoms with Gasteiger partial charge in [-0.1, -0.05) is 6.07 Å². The maximum Gasteiger partial charge on any atom is 0.234 e. The number of hydrogen-bond donors (Lipinski definition) is 1. The molecule has 0 aliphatic carbocycles. The lowest BCUT2D eigenvalue weighted by Crippen LogP contribution is -2.37. The zero-order valence-corrected chi connectivity index (χ0v) is 13.6. The summed E-state index contributed by atoms with van der Waals surface area (Å²) < 4.78 is 10.3. The molecule has 0 spiro atoms. The van der Waals surface area contributed by atoms with Gasteiger partial charge in [0.15, 0.2) is 0 Å². The van der Waals surface area contributed by atoms with Gasteiger partial charge in [-0.15, -0.1) is 0 Å². The number of rotatable bonds is 7. The van der Waals surface area contributed by atoms with Gasteiger partial charge in [0.25, 0.3) is 0 Å². The molecular weight excluding hydrogens is 280 g/mol. The van der Waals surface area contributed by atoms with Crippen LogP contribution in [0.4, 0.5) is 0 Å². The Morgan fingerprint density at radius 2 is 2.18 bits per heavy atom. The smallest absolute Gasteiger partial charge is 0.234 e. The van der Waals surface area contributed by atoms with E-state index in [1.165, 1.54) is 11.1 Å². The van der Waals surface area contributed by atoms with Crippen molar-refractivity contribution < 1.29 is 14.3 Å². The van der Waals surface area contributed by atoms with E-state index in [1.807, 2.05) is 6.07 Å². The fourth-order valence-corrected chi connectivity index (χ4v) is 2.77. The quantitative estimate of drug-likeness (QED) is 0.777. The van der Waals surface area contributed by atoms with E-state index in [-0.39, 0.29) is 5.91 Å². The first-order valence-corrected chi connectivity index (χ1v) is 7.86. The van der Waals surface area contributed by atoms with E-state index < -0.39 is 0 Å². The van der Waals surface area contributed by atoms with Gasteiger partial charge in [-0.25, -0.2) is 0 Å². The molecule has 122 valence electrons. The highest BCUT2D eigenvalue weighted by atomic mass is 16.5. The van der Waals surface area contributed by atoms with Crippen LogP contribution in [0.2, 0.25) is 0 Å². The molecule has 0 aromatic heterocycles. The molecule has 1 N–H and O–H groups in total. The van der Waals surface area contributed by atoms with Crippen molar-refractivity contribution in [2.24, 2.45) is 0 Å². The van der Waals surface area contributed by atoms with Gasteiger partial charge in [0.05, 0.1) is 13.7 Å². The molecule has 1 amide bonds. The number of nitrogens with zero attached hydrogens (tertiary/aromatic N) is 1. The maximum atomic E-state index is 12.0. The minimum Gasteiger partial charge on any atom is -0.497 e. The van der Waals surface area contributed by atoms with Crippen molar-refractivity contribution in [1.82, 2.24) is 10.2 Å². The van der Waals surface area contributed by atoms with Crippen molar-refractivity contribution in [3.05, 3.63) is 29.3 Å². The van der Waals surface area contributed by atoms with Crippen LogP contribution in [0.3, 0.4) is 0 Å². The number of benzene rings is 1. The van der Waals surface area contributed by atoms with E-state index in [4.69, 9.17) is 9.47 Å². The first kappa shape index (κ1) is 16.8. The molecule has 0 unspecified atom stereocenters. The lowest BCUT2D eigenvalue weighted by molar-refractivity contribution is -0.122. The van der Waals surface area contributed by atoms with E-state index in [2.05, 4.69) is 22.3 Å². The molecule has 0 saturated heterocycles. The molecule has 1 aromatic rings. The number of methoxy groups -OCH3 is 2. The van der Waals surface area contributed by atoms with Crippen molar-refractivity contribution in [2.45, 2.75) is 25.8 Å². The first-order chi connectivity index (χ1) is 10.7. The summed E-state index contributed by atoms with van der Waals surface area (Å²) in [7, 11) is 3.37. The highest BCUT2D eigenvalue weighted by Gasteiger charge is 2.17. The Kier molecular flexibility index (Phi) is 6.68. The van der Waals surface area contributed by atoms with Gasteiger partial charge in [0, 0.05) is 26.8 Å². The number of fused-ring (bicyclic) bond motifs is 1. The van der Waals surface area contributed by atoms with Crippen LogP contribution in [0.1, 0.15) is 24.0 Å². The standard InChI is InChI=1S/C17H26N2O3/c1-21-10-4-8-18-17(20)13-19-9-3-5-14-11-16(22-2)7-6-15(14)12-19/h6-7,11H,3-5,8-10,12-13H2,1-2H3,(H,18,20). The second-order valence-corrected chi connectivity index (χ2v) is 5.65. The molecule has 2 rings (SSSR count). The van der Waals surface area contributed by atoms with Crippen molar-refractivity contribution in [1.29, 1.82) is 0 Å². The fourth-order valence-electron chi connectivity index (χ4n) is 2.77. The van der Waals surface area contributed by atoms with Crippen LogP contribution in [0.5, 0.6) is 5.75 Å². The van der Waals surface area contributed by atoms with Gasteiger partial charge >= 0.3 is 0 Å².